The van der Waals surface area contributed by atoms with Gasteiger partial charge in [-0.2, -0.15) is 0 Å². The molecule has 1 unspecified atom stereocenters. The van der Waals surface area contributed by atoms with E-state index in [1.165, 1.54) is 13.0 Å². The Morgan fingerprint density at radius 3 is 2.64 bits per heavy atom. The first-order valence-electron chi connectivity index (χ1n) is 3.97. The number of phenols is 1. The Bertz CT molecular complexity index is 355. The molecule has 1 rings (SSSR count). The van der Waals surface area contributed by atoms with Crippen LogP contribution in [-0.4, -0.2) is 16.8 Å². The lowest BCUT2D eigenvalue weighted by Crippen LogP contribution is -2.37. The number of phenolic OH excluding ortho intramolecular Hbond substituents is 1. The van der Waals surface area contributed by atoms with E-state index in [0.29, 0.717) is 4.47 Å². The van der Waals surface area contributed by atoms with Gasteiger partial charge in [0.1, 0.15) is 0 Å². The summed E-state index contributed by atoms with van der Waals surface area (Å²) in [6.45, 7) is 1.12. The van der Waals surface area contributed by atoms with Gasteiger partial charge in [-0.05, 0) is 19.1 Å². The van der Waals surface area contributed by atoms with E-state index in [0.717, 1.165) is 6.07 Å². The number of hydrogen-bond donors (Lipinski definition) is 3. The van der Waals surface area contributed by atoms with Gasteiger partial charge in [-0.25, -0.2) is 4.39 Å². The number of nitrogens with two attached hydrogens (primary N) is 1. The summed E-state index contributed by atoms with van der Waals surface area (Å²) in [6.07, 6.45) is 0. The molecule has 0 bridgehead atoms. The van der Waals surface area contributed by atoms with Crippen LogP contribution < -0.4 is 5.73 Å². The maximum atomic E-state index is 13.0. The van der Waals surface area contributed by atoms with E-state index in [4.69, 9.17) is 10.8 Å². The smallest absolute Gasteiger partial charge is 0.165 e. The van der Waals surface area contributed by atoms with Gasteiger partial charge in [-0.1, -0.05) is 15.9 Å². The second-order valence-corrected chi connectivity index (χ2v) is 4.18. The van der Waals surface area contributed by atoms with Crippen molar-refractivity contribution in [3.63, 3.8) is 0 Å². The van der Waals surface area contributed by atoms with Crippen molar-refractivity contribution in [2.75, 3.05) is 6.61 Å². The SMILES string of the molecule is CC(N)(CO)c1c(Br)ccc(F)c1O. The third kappa shape index (κ3) is 1.89. The number of rotatable bonds is 2. The molecule has 4 N–H and O–H groups in total. The zero-order valence-corrected chi connectivity index (χ0v) is 9.18. The first-order chi connectivity index (χ1) is 6.40. The summed E-state index contributed by atoms with van der Waals surface area (Å²) >= 11 is 3.14. The number of hydrogen-bond acceptors (Lipinski definition) is 3. The van der Waals surface area contributed by atoms with Gasteiger partial charge in [0.2, 0.25) is 0 Å². The van der Waals surface area contributed by atoms with Gasteiger partial charge in [0, 0.05) is 10.0 Å². The van der Waals surface area contributed by atoms with Crippen LogP contribution in [0.1, 0.15) is 12.5 Å². The molecular formula is C9H11BrFNO2. The molecule has 0 fully saturated rings. The second-order valence-electron chi connectivity index (χ2n) is 3.33. The van der Waals surface area contributed by atoms with Crippen LogP contribution in [0, 0.1) is 5.82 Å². The van der Waals surface area contributed by atoms with Gasteiger partial charge >= 0.3 is 0 Å². The highest BCUT2D eigenvalue weighted by Crippen LogP contribution is 2.35. The molecule has 0 aromatic heterocycles. The highest BCUT2D eigenvalue weighted by molar-refractivity contribution is 9.10. The third-order valence-corrected chi connectivity index (χ3v) is 2.64. The summed E-state index contributed by atoms with van der Waals surface area (Å²) in [6, 6.07) is 2.56. The average molecular weight is 264 g/mol. The topological polar surface area (TPSA) is 66.5 Å². The third-order valence-electron chi connectivity index (χ3n) is 1.98. The molecule has 1 atom stereocenters. The van der Waals surface area contributed by atoms with Gasteiger partial charge in [0.15, 0.2) is 11.6 Å². The number of aliphatic hydroxyl groups excluding tert-OH is 1. The number of aliphatic hydroxyl groups is 1. The summed E-state index contributed by atoms with van der Waals surface area (Å²) in [5.74, 6) is -1.29. The van der Waals surface area contributed by atoms with Crippen LogP contribution in [0.3, 0.4) is 0 Å². The molecule has 0 saturated heterocycles. The Hall–Kier alpha value is -0.650. The Morgan fingerprint density at radius 2 is 2.14 bits per heavy atom. The first-order valence-corrected chi connectivity index (χ1v) is 4.76. The monoisotopic (exact) mass is 263 g/mol. The van der Waals surface area contributed by atoms with Gasteiger partial charge in [-0.3, -0.25) is 0 Å². The molecule has 1 aromatic carbocycles. The number of benzene rings is 1. The van der Waals surface area contributed by atoms with Crippen LogP contribution in [0.2, 0.25) is 0 Å². The van der Waals surface area contributed by atoms with Crippen LogP contribution in [-0.2, 0) is 5.54 Å². The van der Waals surface area contributed by atoms with Gasteiger partial charge < -0.3 is 15.9 Å². The summed E-state index contributed by atoms with van der Waals surface area (Å²) in [7, 11) is 0. The van der Waals surface area contributed by atoms with Crippen molar-refractivity contribution in [1.29, 1.82) is 0 Å². The zero-order chi connectivity index (χ0) is 10.9. The summed E-state index contributed by atoms with van der Waals surface area (Å²) < 4.78 is 13.5. The van der Waals surface area contributed by atoms with Gasteiger partial charge in [-0.15, -0.1) is 0 Å². The molecule has 0 saturated carbocycles. The Morgan fingerprint density at radius 1 is 1.57 bits per heavy atom. The Kier molecular flexibility index (Phi) is 3.14. The fourth-order valence-corrected chi connectivity index (χ4v) is 1.94. The van der Waals surface area contributed by atoms with E-state index in [9.17, 15) is 9.50 Å². The maximum Gasteiger partial charge on any atom is 0.165 e. The summed E-state index contributed by atoms with van der Waals surface area (Å²) in [4.78, 5) is 0. The number of aromatic hydroxyl groups is 1. The van der Waals surface area contributed by atoms with E-state index in [-0.39, 0.29) is 12.2 Å². The van der Waals surface area contributed by atoms with Crippen LogP contribution in [0.4, 0.5) is 4.39 Å². The van der Waals surface area contributed by atoms with E-state index >= 15 is 0 Å². The van der Waals surface area contributed by atoms with E-state index in [1.807, 2.05) is 0 Å². The van der Waals surface area contributed by atoms with Crippen LogP contribution >= 0.6 is 15.9 Å². The van der Waals surface area contributed by atoms with Crippen molar-refractivity contribution in [3.05, 3.63) is 28.0 Å². The normalized spacial score (nSPS) is 15.2. The predicted octanol–water partition coefficient (Wildman–Crippen LogP) is 1.46. The van der Waals surface area contributed by atoms with Crippen molar-refractivity contribution in [3.8, 4) is 5.75 Å². The summed E-state index contributed by atoms with van der Waals surface area (Å²) in [5, 5.41) is 18.5. The van der Waals surface area contributed by atoms with Crippen molar-refractivity contribution < 1.29 is 14.6 Å². The minimum atomic E-state index is -1.18. The average Bonchev–Trinajstić information content (AvgIpc) is 2.12. The molecule has 0 aliphatic carbocycles. The van der Waals surface area contributed by atoms with Crippen molar-refractivity contribution in [2.24, 2.45) is 5.73 Å². The minimum absolute atomic E-state index is 0.167. The van der Waals surface area contributed by atoms with E-state index in [2.05, 4.69) is 15.9 Å². The Labute approximate surface area is 89.5 Å². The van der Waals surface area contributed by atoms with Crippen LogP contribution in [0.15, 0.2) is 16.6 Å². The largest absolute Gasteiger partial charge is 0.505 e. The van der Waals surface area contributed by atoms with Crippen molar-refractivity contribution in [1.82, 2.24) is 0 Å². The zero-order valence-electron chi connectivity index (χ0n) is 7.59. The minimum Gasteiger partial charge on any atom is -0.505 e. The molecule has 0 heterocycles. The van der Waals surface area contributed by atoms with Crippen molar-refractivity contribution in [2.45, 2.75) is 12.5 Å². The van der Waals surface area contributed by atoms with Crippen LogP contribution in [0.5, 0.6) is 5.75 Å². The standard InChI is InChI=1S/C9H11BrFNO2/c1-9(12,4-13)7-5(10)2-3-6(11)8(7)14/h2-3,13-14H,4,12H2,1H3. The quantitative estimate of drug-likeness (QED) is 0.757. The lowest BCUT2D eigenvalue weighted by Gasteiger charge is -2.24. The highest BCUT2D eigenvalue weighted by Gasteiger charge is 2.27. The first kappa shape index (κ1) is 11.4. The Balaban J connectivity index is 3.40. The molecule has 0 aliphatic rings. The van der Waals surface area contributed by atoms with E-state index in [1.54, 1.807) is 0 Å². The molecule has 0 aliphatic heterocycles. The summed E-state index contributed by atoms with van der Waals surface area (Å²) in [5.41, 5.74) is 4.69. The van der Waals surface area contributed by atoms with Gasteiger partial charge in [0.05, 0.1) is 12.1 Å². The lowest BCUT2D eigenvalue weighted by molar-refractivity contribution is 0.205. The fourth-order valence-electron chi connectivity index (χ4n) is 1.16. The lowest BCUT2D eigenvalue weighted by atomic mass is 9.93. The molecular weight excluding hydrogens is 253 g/mol. The van der Waals surface area contributed by atoms with Crippen molar-refractivity contribution >= 4 is 15.9 Å². The highest BCUT2D eigenvalue weighted by atomic mass is 79.9. The molecule has 78 valence electrons. The number of halogens is 2. The van der Waals surface area contributed by atoms with Gasteiger partial charge in [0.25, 0.3) is 0 Å². The molecule has 1 aromatic rings. The molecule has 14 heavy (non-hydrogen) atoms. The van der Waals surface area contributed by atoms with Crippen LogP contribution in [0.25, 0.3) is 0 Å². The molecule has 0 amide bonds. The second kappa shape index (κ2) is 3.84. The molecule has 3 nitrogen and oxygen atoms in total. The maximum absolute atomic E-state index is 13.0. The predicted molar refractivity (Wildman–Crippen MR) is 54.4 cm³/mol. The van der Waals surface area contributed by atoms with E-state index < -0.39 is 17.1 Å². The molecule has 0 radical (unpaired) electrons. The fraction of sp³-hybridized carbons (Fsp3) is 0.333. The molecule has 0 spiro atoms. The molecule has 5 heteroatoms.